The molecule has 7 aromatic carbocycles. The molecule has 0 N–H and O–H groups in total. The fourth-order valence-electron chi connectivity index (χ4n) is 6.91. The molecular weight excluding hydrogens is 611 g/mol. The van der Waals surface area contributed by atoms with Crippen LogP contribution >= 0.6 is 23.5 Å². The first-order chi connectivity index (χ1) is 23.3. The molecule has 3 nitrogen and oxygen atoms in total. The summed E-state index contributed by atoms with van der Waals surface area (Å²) in [6.07, 6.45) is 0. The van der Waals surface area contributed by atoms with E-state index in [0.29, 0.717) is 0 Å². The molecule has 1 aliphatic rings. The lowest BCUT2D eigenvalue weighted by Crippen LogP contribution is -2.00. The van der Waals surface area contributed by atoms with Gasteiger partial charge in [-0.15, -0.1) is 0 Å². The zero-order chi connectivity index (χ0) is 30.9. The Morgan fingerprint density at radius 3 is 2.04 bits per heavy atom. The van der Waals surface area contributed by atoms with Gasteiger partial charge < -0.3 is 4.57 Å². The van der Waals surface area contributed by atoms with E-state index >= 15 is 0 Å². The van der Waals surface area contributed by atoms with Crippen LogP contribution < -0.4 is 0 Å². The maximum Gasteiger partial charge on any atom is 0.160 e. The molecule has 0 amide bonds. The Morgan fingerprint density at radius 1 is 0.447 bits per heavy atom. The highest BCUT2D eigenvalue weighted by molar-refractivity contribution is 8.05. The van der Waals surface area contributed by atoms with Crippen molar-refractivity contribution in [1.29, 1.82) is 0 Å². The zero-order valence-corrected chi connectivity index (χ0v) is 26.7. The lowest BCUT2D eigenvalue weighted by Gasteiger charge is -2.20. The second kappa shape index (κ2) is 10.6. The molecule has 0 fully saturated rings. The number of nitrogens with zero attached hydrogens (tertiary/aromatic N) is 3. The van der Waals surface area contributed by atoms with Crippen molar-refractivity contribution < 1.29 is 0 Å². The van der Waals surface area contributed by atoms with Gasteiger partial charge in [-0.25, -0.2) is 9.97 Å². The quantitative estimate of drug-likeness (QED) is 0.193. The van der Waals surface area contributed by atoms with Crippen LogP contribution in [0.15, 0.2) is 171 Å². The van der Waals surface area contributed by atoms with Crippen molar-refractivity contribution in [2.75, 3.05) is 0 Å². The van der Waals surface area contributed by atoms with Crippen LogP contribution in [0.5, 0.6) is 0 Å². The molecule has 3 heterocycles. The molecule has 0 atom stereocenters. The summed E-state index contributed by atoms with van der Waals surface area (Å²) in [4.78, 5) is 15.5. The Kier molecular flexibility index (Phi) is 6.04. The van der Waals surface area contributed by atoms with Gasteiger partial charge in [-0.2, -0.15) is 0 Å². The lowest BCUT2D eigenvalue weighted by molar-refractivity contribution is 1.11. The SMILES string of the molecule is c1ccc(-c2nc(-c3cccc(-n4c5c6c(ccc5c5ccc7ccccc7c54)Sc4ccccc4S6)c3)nc3ccccc23)cc1. The van der Waals surface area contributed by atoms with Gasteiger partial charge in [0.05, 0.1) is 27.1 Å². The van der Waals surface area contributed by atoms with E-state index in [1.165, 1.54) is 52.2 Å². The van der Waals surface area contributed by atoms with Gasteiger partial charge in [0.2, 0.25) is 0 Å². The van der Waals surface area contributed by atoms with Crippen LogP contribution in [0.2, 0.25) is 0 Å². The van der Waals surface area contributed by atoms with Gasteiger partial charge in [0.25, 0.3) is 0 Å². The summed E-state index contributed by atoms with van der Waals surface area (Å²) in [5.41, 5.74) is 7.50. The second-order valence-corrected chi connectivity index (χ2v) is 13.9. The molecule has 0 saturated heterocycles. The number of benzene rings is 7. The van der Waals surface area contributed by atoms with Gasteiger partial charge in [-0.3, -0.25) is 0 Å². The van der Waals surface area contributed by atoms with Crippen molar-refractivity contribution in [2.45, 2.75) is 19.6 Å². The monoisotopic (exact) mass is 635 g/mol. The van der Waals surface area contributed by atoms with Gasteiger partial charge in [0.15, 0.2) is 5.82 Å². The Labute approximate surface area is 279 Å². The van der Waals surface area contributed by atoms with E-state index in [9.17, 15) is 0 Å². The summed E-state index contributed by atoms with van der Waals surface area (Å²) in [6.45, 7) is 0. The Hall–Kier alpha value is -5.36. The van der Waals surface area contributed by atoms with E-state index in [4.69, 9.17) is 9.97 Å². The Bertz CT molecular complexity index is 2700. The molecule has 220 valence electrons. The van der Waals surface area contributed by atoms with Gasteiger partial charge in [0, 0.05) is 53.0 Å². The number of fused-ring (bicyclic) bond motifs is 9. The fourth-order valence-corrected chi connectivity index (χ4v) is 9.29. The van der Waals surface area contributed by atoms with Crippen LogP contribution in [0.3, 0.4) is 0 Å². The number of hydrogen-bond acceptors (Lipinski definition) is 4. The maximum atomic E-state index is 5.21. The molecule has 10 rings (SSSR count). The van der Waals surface area contributed by atoms with Crippen molar-refractivity contribution in [2.24, 2.45) is 0 Å². The summed E-state index contributed by atoms with van der Waals surface area (Å²) in [6, 6.07) is 54.0. The van der Waals surface area contributed by atoms with Gasteiger partial charge in [-0.1, -0.05) is 139 Å². The normalized spacial score (nSPS) is 12.5. The molecule has 47 heavy (non-hydrogen) atoms. The van der Waals surface area contributed by atoms with Crippen LogP contribution in [0.4, 0.5) is 0 Å². The first-order valence-corrected chi connectivity index (χ1v) is 17.3. The third-order valence-corrected chi connectivity index (χ3v) is 11.6. The van der Waals surface area contributed by atoms with Crippen LogP contribution in [0, 0.1) is 0 Å². The Morgan fingerprint density at radius 2 is 1.15 bits per heavy atom. The second-order valence-electron chi connectivity index (χ2n) is 11.8. The largest absolute Gasteiger partial charge is 0.307 e. The van der Waals surface area contributed by atoms with E-state index in [1.807, 2.05) is 35.7 Å². The number of para-hydroxylation sites is 1. The third kappa shape index (κ3) is 4.24. The molecule has 0 radical (unpaired) electrons. The van der Waals surface area contributed by atoms with E-state index in [-0.39, 0.29) is 0 Å². The maximum absolute atomic E-state index is 5.21. The fraction of sp³-hybridized carbons (Fsp3) is 0. The van der Waals surface area contributed by atoms with Crippen molar-refractivity contribution >= 4 is 67.0 Å². The summed E-state index contributed by atoms with van der Waals surface area (Å²) < 4.78 is 2.48. The summed E-state index contributed by atoms with van der Waals surface area (Å²) in [5.74, 6) is 0.718. The standard InChI is InChI=1S/C42H25N3S2/c1-2-12-27(13-3-1)38-33-17-6-7-18-34(33)43-42(44-38)28-14-10-15-29(25-28)45-39-30-16-5-4-11-26(30)21-22-31(39)32-23-24-37-41(40(32)45)47-36-20-9-8-19-35(36)46-37/h1-25H. The molecule has 0 bridgehead atoms. The first-order valence-electron chi connectivity index (χ1n) is 15.7. The molecular formula is C42H25N3S2. The van der Waals surface area contributed by atoms with Crippen molar-refractivity contribution in [3.63, 3.8) is 0 Å². The summed E-state index contributed by atoms with van der Waals surface area (Å²) in [5, 5.41) is 6.03. The minimum absolute atomic E-state index is 0.718. The number of aromatic nitrogens is 3. The van der Waals surface area contributed by atoms with Gasteiger partial charge in [-0.05, 0) is 41.8 Å². The number of hydrogen-bond donors (Lipinski definition) is 0. The molecule has 5 heteroatoms. The molecule has 0 spiro atoms. The summed E-state index contributed by atoms with van der Waals surface area (Å²) >= 11 is 3.74. The topological polar surface area (TPSA) is 30.7 Å². The average Bonchev–Trinajstić information content (AvgIpc) is 3.49. The summed E-state index contributed by atoms with van der Waals surface area (Å²) in [7, 11) is 0. The van der Waals surface area contributed by atoms with Crippen molar-refractivity contribution in [3.8, 4) is 28.3 Å². The van der Waals surface area contributed by atoms with Crippen molar-refractivity contribution in [3.05, 3.63) is 152 Å². The highest BCUT2D eigenvalue weighted by atomic mass is 32.2. The van der Waals surface area contributed by atoms with Gasteiger partial charge in [0.1, 0.15) is 0 Å². The van der Waals surface area contributed by atoms with Crippen LogP contribution in [0.25, 0.3) is 71.8 Å². The average molecular weight is 636 g/mol. The van der Waals surface area contributed by atoms with E-state index in [1.54, 1.807) is 0 Å². The molecule has 0 saturated carbocycles. The van der Waals surface area contributed by atoms with Crippen molar-refractivity contribution in [1.82, 2.24) is 14.5 Å². The molecule has 9 aromatic rings. The lowest BCUT2D eigenvalue weighted by atomic mass is 10.1. The highest BCUT2D eigenvalue weighted by Crippen LogP contribution is 2.53. The molecule has 0 unspecified atom stereocenters. The minimum atomic E-state index is 0.718. The van der Waals surface area contributed by atoms with E-state index < -0.39 is 0 Å². The minimum Gasteiger partial charge on any atom is -0.307 e. The Balaban J connectivity index is 1.26. The first kappa shape index (κ1) is 26.8. The predicted molar refractivity (Wildman–Crippen MR) is 197 cm³/mol. The molecule has 0 aliphatic carbocycles. The molecule has 2 aromatic heterocycles. The van der Waals surface area contributed by atoms with Crippen LogP contribution in [-0.4, -0.2) is 14.5 Å². The third-order valence-electron chi connectivity index (χ3n) is 9.03. The smallest absolute Gasteiger partial charge is 0.160 e. The molecule has 1 aliphatic heterocycles. The van der Waals surface area contributed by atoms with E-state index in [2.05, 4.69) is 144 Å². The van der Waals surface area contributed by atoms with Crippen LogP contribution in [-0.2, 0) is 0 Å². The van der Waals surface area contributed by atoms with Gasteiger partial charge >= 0.3 is 0 Å². The van der Waals surface area contributed by atoms with E-state index in [0.717, 1.165) is 39.2 Å². The highest BCUT2D eigenvalue weighted by Gasteiger charge is 2.25. The van der Waals surface area contributed by atoms with Crippen LogP contribution in [0.1, 0.15) is 0 Å². The number of rotatable bonds is 3. The zero-order valence-electron chi connectivity index (χ0n) is 25.1. The predicted octanol–water partition coefficient (Wildman–Crippen LogP) is 11.8.